The number of aromatic hydroxyl groups is 1. The Morgan fingerprint density at radius 1 is 1.07 bits per heavy atom. The molecule has 0 aromatic heterocycles. The summed E-state index contributed by atoms with van der Waals surface area (Å²) in [6, 6.07) is 12.8. The molecule has 1 fully saturated rings. The molecule has 3 N–H and O–H groups in total. The molecule has 1 saturated heterocycles. The van der Waals surface area contributed by atoms with Crippen LogP contribution in [0.4, 0.5) is 15.8 Å². The lowest BCUT2D eigenvalue weighted by Crippen LogP contribution is -2.52. The number of benzene rings is 2. The molecule has 30 heavy (non-hydrogen) atoms. The molecule has 0 saturated carbocycles. The summed E-state index contributed by atoms with van der Waals surface area (Å²) in [7, 11) is 0. The molecule has 0 atom stereocenters. The number of carbonyl (C=O) groups is 1. The van der Waals surface area contributed by atoms with E-state index in [1.807, 2.05) is 6.92 Å². The topological polar surface area (TPSA) is 80.2 Å². The van der Waals surface area contributed by atoms with E-state index in [9.17, 15) is 14.3 Å². The van der Waals surface area contributed by atoms with Gasteiger partial charge < -0.3 is 25.5 Å². The van der Waals surface area contributed by atoms with Gasteiger partial charge in [-0.1, -0.05) is 0 Å². The predicted octanol–water partition coefficient (Wildman–Crippen LogP) is 2.88. The first-order valence-corrected chi connectivity index (χ1v) is 9.68. The van der Waals surface area contributed by atoms with Gasteiger partial charge in [0.25, 0.3) is 0 Å². The molecule has 162 valence electrons. The summed E-state index contributed by atoms with van der Waals surface area (Å²) in [6.45, 7) is 5.77. The Morgan fingerprint density at radius 2 is 1.70 bits per heavy atom. The average Bonchev–Trinajstić information content (AvgIpc) is 2.73. The highest BCUT2D eigenvalue weighted by Crippen LogP contribution is 2.17. The number of hydrogen-bond donors (Lipinski definition) is 3. The lowest BCUT2D eigenvalue weighted by Gasteiger charge is -2.37. The van der Waals surface area contributed by atoms with E-state index in [4.69, 9.17) is 0 Å². The minimum atomic E-state index is -0.237. The number of anilines is 2. The third kappa shape index (κ3) is 6.75. The van der Waals surface area contributed by atoms with E-state index >= 15 is 0 Å². The molecule has 1 aliphatic heterocycles. The first kappa shape index (κ1) is 23.7. The molecule has 9 heteroatoms. The lowest BCUT2D eigenvalue weighted by molar-refractivity contribution is -0.114. The minimum absolute atomic E-state index is 0. The fourth-order valence-corrected chi connectivity index (χ4v) is 3.15. The van der Waals surface area contributed by atoms with E-state index in [2.05, 4.69) is 25.4 Å². The number of phenolic OH excluding ortho intramolecular Hbond substituents is 1. The molecule has 0 spiro atoms. The molecule has 1 amide bonds. The largest absolute Gasteiger partial charge is 0.508 e. The molecule has 1 heterocycles. The van der Waals surface area contributed by atoms with Crippen LogP contribution in [0.15, 0.2) is 53.5 Å². The summed E-state index contributed by atoms with van der Waals surface area (Å²) in [6.07, 6.45) is 0. The Kier molecular flexibility index (Phi) is 9.15. The van der Waals surface area contributed by atoms with Crippen LogP contribution in [-0.4, -0.2) is 61.1 Å². The van der Waals surface area contributed by atoms with Crippen molar-refractivity contribution >= 4 is 47.2 Å². The number of guanidine groups is 1. The molecule has 7 nitrogen and oxygen atoms in total. The fraction of sp³-hybridized carbons (Fsp3) is 0.333. The van der Waals surface area contributed by atoms with Crippen LogP contribution >= 0.6 is 24.0 Å². The maximum absolute atomic E-state index is 13.1. The van der Waals surface area contributed by atoms with Gasteiger partial charge >= 0.3 is 0 Å². The van der Waals surface area contributed by atoms with Crippen molar-refractivity contribution in [3.05, 3.63) is 54.3 Å². The highest BCUT2D eigenvalue weighted by molar-refractivity contribution is 14.0. The normalized spacial score (nSPS) is 14.1. The zero-order valence-corrected chi connectivity index (χ0v) is 19.2. The molecule has 3 rings (SSSR count). The van der Waals surface area contributed by atoms with Crippen LogP contribution < -0.4 is 15.5 Å². The number of carbonyl (C=O) groups excluding carboxylic acids is 1. The summed E-state index contributed by atoms with van der Waals surface area (Å²) in [4.78, 5) is 21.0. The Bertz CT molecular complexity index is 837. The third-order valence-corrected chi connectivity index (χ3v) is 4.63. The quantitative estimate of drug-likeness (QED) is 0.241. The minimum Gasteiger partial charge on any atom is -0.508 e. The van der Waals surface area contributed by atoms with Crippen LogP contribution in [0.3, 0.4) is 0 Å². The SMILES string of the molecule is CCNC(=NCC(=O)Nc1ccc(O)cc1)N1CCN(c2ccc(F)cc2)CC1.I. The standard InChI is InChI=1S/C21H26FN5O2.HI/c1-2-23-21(24-15-20(29)25-17-5-9-19(28)10-6-17)27-13-11-26(12-14-27)18-7-3-16(22)4-8-18;/h3-10,28H,2,11-15H2,1H3,(H,23,24)(H,25,29);1H. The molecule has 0 radical (unpaired) electrons. The van der Waals surface area contributed by atoms with Gasteiger partial charge in [0.2, 0.25) is 5.91 Å². The number of nitrogens with one attached hydrogen (secondary N) is 2. The Labute approximate surface area is 193 Å². The highest BCUT2D eigenvalue weighted by Gasteiger charge is 2.20. The Morgan fingerprint density at radius 3 is 2.30 bits per heavy atom. The van der Waals surface area contributed by atoms with E-state index in [1.54, 1.807) is 24.3 Å². The van der Waals surface area contributed by atoms with Crippen molar-refractivity contribution in [2.75, 3.05) is 49.5 Å². The van der Waals surface area contributed by atoms with E-state index in [1.165, 1.54) is 24.3 Å². The predicted molar refractivity (Wildman–Crippen MR) is 128 cm³/mol. The molecule has 0 bridgehead atoms. The number of hydrogen-bond acceptors (Lipinski definition) is 4. The summed E-state index contributed by atoms with van der Waals surface area (Å²) < 4.78 is 13.1. The lowest BCUT2D eigenvalue weighted by atomic mass is 10.2. The van der Waals surface area contributed by atoms with Gasteiger partial charge in [0, 0.05) is 44.1 Å². The molecule has 0 unspecified atom stereocenters. The Balaban J connectivity index is 0.00000320. The number of amides is 1. The van der Waals surface area contributed by atoms with Crippen LogP contribution in [0.2, 0.25) is 0 Å². The van der Waals surface area contributed by atoms with Crippen molar-refractivity contribution in [1.82, 2.24) is 10.2 Å². The molecule has 1 aliphatic rings. The number of aliphatic imine (C=N–C) groups is 1. The molecule has 0 aliphatic carbocycles. The van der Waals surface area contributed by atoms with Crippen molar-refractivity contribution in [3.63, 3.8) is 0 Å². The fourth-order valence-electron chi connectivity index (χ4n) is 3.15. The third-order valence-electron chi connectivity index (χ3n) is 4.63. The van der Waals surface area contributed by atoms with Crippen LogP contribution in [0.1, 0.15) is 6.92 Å². The molecular formula is C21H27FIN5O2. The summed E-state index contributed by atoms with van der Waals surface area (Å²) in [5.41, 5.74) is 1.61. The van der Waals surface area contributed by atoms with Crippen LogP contribution in [-0.2, 0) is 4.79 Å². The van der Waals surface area contributed by atoms with E-state index in [-0.39, 0.29) is 48.0 Å². The van der Waals surface area contributed by atoms with Crippen LogP contribution in [0.25, 0.3) is 0 Å². The second-order valence-corrected chi connectivity index (χ2v) is 6.72. The van der Waals surface area contributed by atoms with Crippen LogP contribution in [0.5, 0.6) is 5.75 Å². The average molecular weight is 527 g/mol. The second-order valence-electron chi connectivity index (χ2n) is 6.72. The summed E-state index contributed by atoms with van der Waals surface area (Å²) in [5.74, 6) is 0.387. The number of rotatable bonds is 5. The number of nitrogens with zero attached hydrogens (tertiary/aromatic N) is 3. The van der Waals surface area contributed by atoms with E-state index in [0.717, 1.165) is 31.9 Å². The van der Waals surface area contributed by atoms with Gasteiger partial charge in [-0.2, -0.15) is 0 Å². The van der Waals surface area contributed by atoms with Crippen molar-refractivity contribution in [2.24, 2.45) is 4.99 Å². The number of halogens is 2. The highest BCUT2D eigenvalue weighted by atomic mass is 127. The zero-order chi connectivity index (χ0) is 20.6. The summed E-state index contributed by atoms with van der Waals surface area (Å²) >= 11 is 0. The van der Waals surface area contributed by atoms with Gasteiger partial charge in [-0.25, -0.2) is 9.38 Å². The van der Waals surface area contributed by atoms with Gasteiger partial charge in [-0.3, -0.25) is 4.79 Å². The van der Waals surface area contributed by atoms with E-state index < -0.39 is 0 Å². The number of phenols is 1. The van der Waals surface area contributed by atoms with Crippen molar-refractivity contribution < 1.29 is 14.3 Å². The zero-order valence-electron chi connectivity index (χ0n) is 16.8. The Hall–Kier alpha value is -2.56. The van der Waals surface area contributed by atoms with Crippen molar-refractivity contribution in [3.8, 4) is 5.75 Å². The second kappa shape index (κ2) is 11.6. The van der Waals surface area contributed by atoms with Crippen molar-refractivity contribution in [2.45, 2.75) is 6.92 Å². The van der Waals surface area contributed by atoms with Gasteiger partial charge in [0.05, 0.1) is 0 Å². The smallest absolute Gasteiger partial charge is 0.246 e. The first-order valence-electron chi connectivity index (χ1n) is 9.68. The molecule has 2 aromatic carbocycles. The van der Waals surface area contributed by atoms with E-state index in [0.29, 0.717) is 18.2 Å². The van der Waals surface area contributed by atoms with Crippen LogP contribution in [0, 0.1) is 5.82 Å². The maximum Gasteiger partial charge on any atom is 0.246 e. The maximum atomic E-state index is 13.1. The van der Waals surface area contributed by atoms with Gasteiger partial charge in [-0.05, 0) is 55.5 Å². The van der Waals surface area contributed by atoms with Gasteiger partial charge in [0.15, 0.2) is 5.96 Å². The van der Waals surface area contributed by atoms with Gasteiger partial charge in [-0.15, -0.1) is 24.0 Å². The molecular weight excluding hydrogens is 500 g/mol. The summed E-state index contributed by atoms with van der Waals surface area (Å²) in [5, 5.41) is 15.3. The molecule has 2 aromatic rings. The number of piperazine rings is 1. The first-order chi connectivity index (χ1) is 14.0. The monoisotopic (exact) mass is 527 g/mol. The van der Waals surface area contributed by atoms with Gasteiger partial charge in [0.1, 0.15) is 18.1 Å². The van der Waals surface area contributed by atoms with Crippen molar-refractivity contribution in [1.29, 1.82) is 0 Å².